The van der Waals surface area contributed by atoms with Crippen LogP contribution in [0.2, 0.25) is 0 Å². The quantitative estimate of drug-likeness (QED) is 0.598. The smallest absolute Gasteiger partial charge is 0.233 e. The molecule has 1 amide bonds. The number of rotatable bonds is 7. The fraction of sp³-hybridized carbons (Fsp3) is 0.364. The predicted octanol–water partition coefficient (Wildman–Crippen LogP) is 3.21. The van der Waals surface area contributed by atoms with Gasteiger partial charge in [0.25, 0.3) is 0 Å². The number of fused-ring (bicyclic) bond motifs is 1. The zero-order chi connectivity index (χ0) is 20.1. The van der Waals surface area contributed by atoms with Crippen molar-refractivity contribution in [3.05, 3.63) is 54.1 Å². The van der Waals surface area contributed by atoms with E-state index >= 15 is 0 Å². The van der Waals surface area contributed by atoms with Crippen LogP contribution < -0.4 is 9.64 Å². The summed E-state index contributed by atoms with van der Waals surface area (Å²) in [5.41, 5.74) is 1.89. The molecule has 4 rings (SSSR count). The van der Waals surface area contributed by atoms with Crippen LogP contribution in [-0.4, -0.2) is 62.3 Å². The predicted molar refractivity (Wildman–Crippen MR) is 116 cm³/mol. The van der Waals surface area contributed by atoms with Gasteiger partial charge in [-0.3, -0.25) is 14.6 Å². The van der Waals surface area contributed by atoms with E-state index in [0.717, 1.165) is 59.5 Å². The highest BCUT2D eigenvalue weighted by Crippen LogP contribution is 2.31. The monoisotopic (exact) mass is 411 g/mol. The van der Waals surface area contributed by atoms with Gasteiger partial charge in [0.2, 0.25) is 5.91 Å². The molecule has 1 fully saturated rings. The minimum atomic E-state index is 0.0653. The number of hydrogen-bond donors (Lipinski definition) is 0. The number of methoxy groups -OCH3 is 1. The third-order valence-electron chi connectivity index (χ3n) is 5.06. The van der Waals surface area contributed by atoms with E-state index < -0.39 is 0 Å². The molecule has 0 radical (unpaired) electrons. The lowest BCUT2D eigenvalue weighted by molar-refractivity contribution is -0.118. The molecule has 2 aromatic carbocycles. The SMILES string of the molecule is COc1ccc2nc(N(CCN3CCOCC3)C(=O)Cc3ccccc3)sc2c1. The average molecular weight is 412 g/mol. The Morgan fingerprint density at radius 1 is 1.21 bits per heavy atom. The topological polar surface area (TPSA) is 54.9 Å². The third-order valence-corrected chi connectivity index (χ3v) is 6.10. The summed E-state index contributed by atoms with van der Waals surface area (Å²) in [6, 6.07) is 15.7. The van der Waals surface area contributed by atoms with Crippen LogP contribution in [0.1, 0.15) is 5.56 Å². The average Bonchev–Trinajstić information content (AvgIpc) is 3.18. The van der Waals surface area contributed by atoms with E-state index in [1.807, 2.05) is 53.4 Å². The van der Waals surface area contributed by atoms with Crippen LogP contribution in [0.5, 0.6) is 5.75 Å². The molecule has 1 aliphatic rings. The molecule has 0 atom stereocenters. The van der Waals surface area contributed by atoms with Crippen molar-refractivity contribution < 1.29 is 14.3 Å². The number of carbonyl (C=O) groups excluding carboxylic acids is 1. The maximum Gasteiger partial charge on any atom is 0.233 e. The fourth-order valence-electron chi connectivity index (χ4n) is 3.39. The third kappa shape index (κ3) is 4.93. The molecule has 0 spiro atoms. The van der Waals surface area contributed by atoms with Crippen molar-refractivity contribution in [2.75, 3.05) is 51.4 Å². The molecule has 0 bridgehead atoms. The van der Waals surface area contributed by atoms with E-state index in [-0.39, 0.29) is 5.91 Å². The van der Waals surface area contributed by atoms with Crippen molar-refractivity contribution in [3.63, 3.8) is 0 Å². The Kier molecular flexibility index (Phi) is 6.39. The first-order valence-corrected chi connectivity index (χ1v) is 10.6. The van der Waals surface area contributed by atoms with Crippen molar-refractivity contribution in [1.29, 1.82) is 0 Å². The maximum absolute atomic E-state index is 13.2. The lowest BCUT2D eigenvalue weighted by Crippen LogP contribution is -2.43. The number of thiazole rings is 1. The lowest BCUT2D eigenvalue weighted by Gasteiger charge is -2.29. The number of carbonyl (C=O) groups is 1. The molecule has 0 unspecified atom stereocenters. The van der Waals surface area contributed by atoms with Crippen LogP contribution >= 0.6 is 11.3 Å². The van der Waals surface area contributed by atoms with E-state index in [9.17, 15) is 4.79 Å². The Hall–Kier alpha value is -2.48. The number of benzene rings is 2. The molecule has 3 aromatic rings. The van der Waals surface area contributed by atoms with Gasteiger partial charge in [-0.15, -0.1) is 0 Å². The second-order valence-electron chi connectivity index (χ2n) is 6.99. The van der Waals surface area contributed by atoms with Gasteiger partial charge >= 0.3 is 0 Å². The van der Waals surface area contributed by atoms with Gasteiger partial charge in [-0.25, -0.2) is 4.98 Å². The van der Waals surface area contributed by atoms with Crippen LogP contribution in [0.3, 0.4) is 0 Å². The van der Waals surface area contributed by atoms with Gasteiger partial charge in [-0.2, -0.15) is 0 Å². The summed E-state index contributed by atoms with van der Waals surface area (Å²) in [6.07, 6.45) is 0.364. The summed E-state index contributed by atoms with van der Waals surface area (Å²) in [5, 5.41) is 0.738. The molecule has 0 aliphatic carbocycles. The summed E-state index contributed by atoms with van der Waals surface area (Å²) >= 11 is 1.53. The Labute approximate surface area is 174 Å². The summed E-state index contributed by atoms with van der Waals surface area (Å²) < 4.78 is 11.8. The van der Waals surface area contributed by atoms with Gasteiger partial charge in [-0.1, -0.05) is 41.7 Å². The zero-order valence-corrected chi connectivity index (χ0v) is 17.4. The number of hydrogen-bond acceptors (Lipinski definition) is 6. The van der Waals surface area contributed by atoms with Gasteiger partial charge in [-0.05, 0) is 23.8 Å². The number of nitrogens with zero attached hydrogens (tertiary/aromatic N) is 3. The Morgan fingerprint density at radius 3 is 2.76 bits per heavy atom. The highest BCUT2D eigenvalue weighted by Gasteiger charge is 2.22. The van der Waals surface area contributed by atoms with Gasteiger partial charge in [0.1, 0.15) is 5.75 Å². The highest BCUT2D eigenvalue weighted by atomic mass is 32.1. The molecule has 29 heavy (non-hydrogen) atoms. The van der Waals surface area contributed by atoms with Gasteiger partial charge in [0.15, 0.2) is 5.13 Å². The van der Waals surface area contributed by atoms with Crippen molar-refractivity contribution in [2.24, 2.45) is 0 Å². The van der Waals surface area contributed by atoms with E-state index in [2.05, 4.69) is 4.90 Å². The number of amides is 1. The lowest BCUT2D eigenvalue weighted by atomic mass is 10.1. The normalized spacial score (nSPS) is 14.8. The summed E-state index contributed by atoms with van der Waals surface area (Å²) in [5.74, 6) is 0.860. The first-order valence-electron chi connectivity index (χ1n) is 9.82. The highest BCUT2D eigenvalue weighted by molar-refractivity contribution is 7.22. The molecular formula is C22H25N3O3S. The van der Waals surface area contributed by atoms with E-state index in [4.69, 9.17) is 14.5 Å². The number of anilines is 1. The standard InChI is InChI=1S/C22H25N3O3S/c1-27-18-7-8-19-20(16-18)29-22(23-19)25(10-9-24-11-13-28-14-12-24)21(26)15-17-5-3-2-4-6-17/h2-8,16H,9-15H2,1H3. The molecule has 152 valence electrons. The molecule has 0 N–H and O–H groups in total. The Balaban J connectivity index is 1.57. The second kappa shape index (κ2) is 9.35. The van der Waals surface area contributed by atoms with Crippen LogP contribution in [-0.2, 0) is 16.0 Å². The molecule has 2 heterocycles. The van der Waals surface area contributed by atoms with Crippen LogP contribution in [0.4, 0.5) is 5.13 Å². The molecular weight excluding hydrogens is 386 g/mol. The Morgan fingerprint density at radius 2 is 2.00 bits per heavy atom. The zero-order valence-electron chi connectivity index (χ0n) is 16.5. The minimum absolute atomic E-state index is 0.0653. The minimum Gasteiger partial charge on any atom is -0.497 e. The number of morpholine rings is 1. The Bertz CT molecular complexity index is 954. The van der Waals surface area contributed by atoms with E-state index in [1.54, 1.807) is 7.11 Å². The summed E-state index contributed by atoms with van der Waals surface area (Å²) in [6.45, 7) is 4.72. The number of ether oxygens (including phenoxy) is 2. The van der Waals surface area contributed by atoms with Gasteiger partial charge in [0.05, 0.1) is 37.0 Å². The summed E-state index contributed by atoms with van der Waals surface area (Å²) in [7, 11) is 1.65. The van der Waals surface area contributed by atoms with E-state index in [1.165, 1.54) is 11.3 Å². The molecule has 6 nitrogen and oxygen atoms in total. The van der Waals surface area contributed by atoms with Crippen molar-refractivity contribution in [2.45, 2.75) is 6.42 Å². The van der Waals surface area contributed by atoms with Crippen LogP contribution in [0, 0.1) is 0 Å². The number of aromatic nitrogens is 1. The van der Waals surface area contributed by atoms with Gasteiger partial charge < -0.3 is 9.47 Å². The maximum atomic E-state index is 13.2. The molecule has 1 aromatic heterocycles. The van der Waals surface area contributed by atoms with Crippen molar-refractivity contribution >= 4 is 32.6 Å². The first kappa shape index (κ1) is 19.8. The fourth-order valence-corrected chi connectivity index (χ4v) is 4.43. The van der Waals surface area contributed by atoms with Crippen molar-refractivity contribution in [1.82, 2.24) is 9.88 Å². The molecule has 1 saturated heterocycles. The summed E-state index contributed by atoms with van der Waals surface area (Å²) in [4.78, 5) is 22.1. The largest absolute Gasteiger partial charge is 0.497 e. The molecule has 0 saturated carbocycles. The molecule has 7 heteroatoms. The van der Waals surface area contributed by atoms with E-state index in [0.29, 0.717) is 13.0 Å². The van der Waals surface area contributed by atoms with Crippen molar-refractivity contribution in [3.8, 4) is 5.75 Å². The second-order valence-corrected chi connectivity index (χ2v) is 8.00. The van der Waals surface area contributed by atoms with Gasteiger partial charge in [0, 0.05) is 26.2 Å². The van der Waals surface area contributed by atoms with Crippen LogP contribution in [0.25, 0.3) is 10.2 Å². The first-order chi connectivity index (χ1) is 14.2. The van der Waals surface area contributed by atoms with Crippen LogP contribution in [0.15, 0.2) is 48.5 Å². The molecule has 1 aliphatic heterocycles.